The molecule has 0 spiro atoms. The first kappa shape index (κ1) is 16.1. The molecule has 1 aliphatic rings. The molecule has 1 N–H and O–H groups in total. The second-order valence-corrected chi connectivity index (χ2v) is 4.95. The fourth-order valence-electron chi connectivity index (χ4n) is 2.21. The van der Waals surface area contributed by atoms with Gasteiger partial charge in [0.2, 0.25) is 11.8 Å². The van der Waals surface area contributed by atoms with Crippen molar-refractivity contribution < 1.29 is 22.8 Å². The van der Waals surface area contributed by atoms with Crippen LogP contribution < -0.4 is 10.2 Å². The number of aromatic nitrogens is 2. The molecule has 1 unspecified atom stereocenters. The van der Waals surface area contributed by atoms with Gasteiger partial charge in [0.05, 0.1) is 17.8 Å². The largest absolute Gasteiger partial charge is 0.408 e. The van der Waals surface area contributed by atoms with Crippen LogP contribution in [0.25, 0.3) is 0 Å². The van der Waals surface area contributed by atoms with Crippen LogP contribution in [0.4, 0.5) is 18.9 Å². The number of amides is 2. The van der Waals surface area contributed by atoms with Gasteiger partial charge in [-0.05, 0) is 0 Å². The van der Waals surface area contributed by atoms with E-state index in [1.165, 1.54) is 17.2 Å². The highest BCUT2D eigenvalue weighted by atomic mass is 19.4. The van der Waals surface area contributed by atoms with E-state index in [0.29, 0.717) is 11.2 Å². The molecular formula is C13H15F3N4O2. The summed E-state index contributed by atoms with van der Waals surface area (Å²) in [5, 5.41) is 6.19. The van der Waals surface area contributed by atoms with Crippen molar-refractivity contribution in [1.82, 2.24) is 15.1 Å². The number of halogens is 3. The number of nitrogens with zero attached hydrogens (tertiary/aromatic N) is 3. The van der Waals surface area contributed by atoms with Crippen LogP contribution in [0.5, 0.6) is 0 Å². The van der Waals surface area contributed by atoms with Gasteiger partial charge in [0.25, 0.3) is 0 Å². The zero-order chi connectivity index (χ0) is 16.3. The number of hydrogen-bond acceptors (Lipinski definition) is 3. The van der Waals surface area contributed by atoms with Crippen LogP contribution in [0.1, 0.15) is 6.42 Å². The monoisotopic (exact) mass is 316 g/mol. The molecule has 1 aromatic rings. The average molecular weight is 316 g/mol. The van der Waals surface area contributed by atoms with E-state index in [9.17, 15) is 22.8 Å². The second-order valence-electron chi connectivity index (χ2n) is 4.95. The van der Waals surface area contributed by atoms with Crippen molar-refractivity contribution in [2.75, 3.05) is 18.0 Å². The third-order valence-electron chi connectivity index (χ3n) is 3.19. The molecule has 1 aromatic heterocycles. The Hall–Kier alpha value is -2.32. The Morgan fingerprint density at radius 1 is 1.55 bits per heavy atom. The fourth-order valence-corrected chi connectivity index (χ4v) is 2.21. The van der Waals surface area contributed by atoms with E-state index < -0.39 is 18.6 Å². The van der Waals surface area contributed by atoms with Gasteiger partial charge in [0.15, 0.2) is 0 Å². The summed E-state index contributed by atoms with van der Waals surface area (Å²) in [5.41, 5.74) is 0.258. The molecule has 1 saturated heterocycles. The molecule has 1 atom stereocenters. The first-order valence-electron chi connectivity index (χ1n) is 6.58. The van der Waals surface area contributed by atoms with Gasteiger partial charge in [-0.25, -0.2) is 0 Å². The van der Waals surface area contributed by atoms with E-state index in [1.54, 1.807) is 0 Å². The number of anilines is 1. The molecule has 9 heteroatoms. The van der Waals surface area contributed by atoms with Crippen molar-refractivity contribution in [3.63, 3.8) is 0 Å². The van der Waals surface area contributed by atoms with E-state index in [1.807, 2.05) is 0 Å². The minimum atomic E-state index is -4.38. The Morgan fingerprint density at radius 2 is 2.27 bits per heavy atom. The van der Waals surface area contributed by atoms with Gasteiger partial charge in [-0.1, -0.05) is 6.08 Å². The lowest BCUT2D eigenvalue weighted by atomic mass is 10.1. The Kier molecular flexibility index (Phi) is 4.53. The first-order chi connectivity index (χ1) is 10.3. The van der Waals surface area contributed by atoms with E-state index in [0.717, 1.165) is 6.20 Å². The summed E-state index contributed by atoms with van der Waals surface area (Å²) >= 11 is 0. The molecular weight excluding hydrogens is 301 g/mol. The van der Waals surface area contributed by atoms with Crippen LogP contribution in [0, 0.1) is 5.92 Å². The van der Waals surface area contributed by atoms with Crippen molar-refractivity contribution in [2.45, 2.75) is 19.1 Å². The van der Waals surface area contributed by atoms with Crippen molar-refractivity contribution in [1.29, 1.82) is 0 Å². The predicted octanol–water partition coefficient (Wildman–Crippen LogP) is 1.10. The van der Waals surface area contributed by atoms with Crippen molar-refractivity contribution in [3.05, 3.63) is 25.0 Å². The molecule has 2 rings (SSSR count). The van der Waals surface area contributed by atoms with E-state index >= 15 is 0 Å². The number of rotatable bonds is 5. The molecule has 22 heavy (non-hydrogen) atoms. The summed E-state index contributed by atoms with van der Waals surface area (Å²) in [7, 11) is 0. The topological polar surface area (TPSA) is 67.2 Å². The maximum Gasteiger partial charge on any atom is 0.408 e. The Morgan fingerprint density at radius 3 is 2.91 bits per heavy atom. The number of alkyl halides is 3. The van der Waals surface area contributed by atoms with Gasteiger partial charge in [0.1, 0.15) is 6.54 Å². The quantitative estimate of drug-likeness (QED) is 0.827. The predicted molar refractivity (Wildman–Crippen MR) is 71.9 cm³/mol. The summed E-state index contributed by atoms with van der Waals surface area (Å²) in [6.07, 6.45) is -0.504. The first-order valence-corrected chi connectivity index (χ1v) is 6.58. The summed E-state index contributed by atoms with van der Waals surface area (Å²) in [4.78, 5) is 25.0. The molecule has 1 fully saturated rings. The zero-order valence-electron chi connectivity index (χ0n) is 11.6. The van der Waals surface area contributed by atoms with Crippen molar-refractivity contribution in [3.8, 4) is 0 Å². The summed E-state index contributed by atoms with van der Waals surface area (Å²) in [5.74, 6) is -1.12. The van der Waals surface area contributed by atoms with Crippen molar-refractivity contribution in [2.24, 2.45) is 5.92 Å². The lowest BCUT2D eigenvalue weighted by Gasteiger charge is -2.14. The minimum Gasteiger partial charge on any atom is -0.352 e. The highest BCUT2D eigenvalue weighted by molar-refractivity contribution is 6.00. The molecule has 0 aliphatic carbocycles. The van der Waals surface area contributed by atoms with Gasteiger partial charge in [0, 0.05) is 25.7 Å². The van der Waals surface area contributed by atoms with E-state index in [2.05, 4.69) is 17.0 Å². The van der Waals surface area contributed by atoms with Crippen molar-refractivity contribution >= 4 is 17.5 Å². The molecule has 2 amide bonds. The summed E-state index contributed by atoms with van der Waals surface area (Å²) in [6, 6.07) is 0. The van der Waals surface area contributed by atoms with Crippen LogP contribution in [-0.2, 0) is 16.1 Å². The van der Waals surface area contributed by atoms with Crippen LogP contribution in [-0.4, -0.2) is 40.9 Å². The Balaban J connectivity index is 2.02. The normalized spacial score (nSPS) is 18.6. The smallest absolute Gasteiger partial charge is 0.352 e. The molecule has 0 aromatic carbocycles. The van der Waals surface area contributed by atoms with Crippen LogP contribution in [0.3, 0.4) is 0 Å². The number of hydrogen-bond donors (Lipinski definition) is 1. The number of nitrogens with one attached hydrogen (secondary N) is 1. The Bertz CT molecular complexity index is 582. The van der Waals surface area contributed by atoms with Gasteiger partial charge < -0.3 is 10.2 Å². The number of carbonyl (C=O) groups is 2. The highest BCUT2D eigenvalue weighted by Crippen LogP contribution is 2.26. The van der Waals surface area contributed by atoms with Crippen LogP contribution in [0.2, 0.25) is 0 Å². The molecule has 6 nitrogen and oxygen atoms in total. The van der Waals surface area contributed by atoms with Gasteiger partial charge in [-0.15, -0.1) is 6.58 Å². The lowest BCUT2D eigenvalue weighted by molar-refractivity contribution is -0.142. The van der Waals surface area contributed by atoms with Gasteiger partial charge in [-0.2, -0.15) is 18.3 Å². The molecule has 0 radical (unpaired) electrons. The third kappa shape index (κ3) is 3.86. The maximum absolute atomic E-state index is 12.3. The van der Waals surface area contributed by atoms with Crippen LogP contribution >= 0.6 is 0 Å². The second kappa shape index (κ2) is 6.20. The molecule has 0 bridgehead atoms. The molecule has 1 aliphatic heterocycles. The molecule has 2 heterocycles. The maximum atomic E-state index is 12.3. The summed E-state index contributed by atoms with van der Waals surface area (Å²) < 4.78 is 37.6. The SMILES string of the molecule is C=CCNC(=O)C1CC(=O)N(c2cnn(CC(F)(F)F)c2)C1. The fraction of sp³-hybridized carbons (Fsp3) is 0.462. The molecule has 120 valence electrons. The Labute approximate surface area is 124 Å². The highest BCUT2D eigenvalue weighted by Gasteiger charge is 2.36. The average Bonchev–Trinajstić information content (AvgIpc) is 3.00. The molecule has 0 saturated carbocycles. The number of carbonyl (C=O) groups excluding carboxylic acids is 2. The van der Waals surface area contributed by atoms with E-state index in [4.69, 9.17) is 0 Å². The summed E-state index contributed by atoms with van der Waals surface area (Å²) in [6.45, 7) is 2.67. The standard InChI is InChI=1S/C13H15F3N4O2/c1-2-3-17-12(22)9-4-11(21)20(6-9)10-5-18-19(7-10)8-13(14,15)16/h2,5,7,9H,1,3-4,6,8H2,(H,17,22). The van der Waals surface area contributed by atoms with Crippen LogP contribution in [0.15, 0.2) is 25.0 Å². The van der Waals surface area contributed by atoms with E-state index in [-0.39, 0.29) is 30.5 Å². The van der Waals surface area contributed by atoms with Gasteiger partial charge in [-0.3, -0.25) is 14.3 Å². The zero-order valence-corrected chi connectivity index (χ0v) is 11.6. The third-order valence-corrected chi connectivity index (χ3v) is 3.19. The van der Waals surface area contributed by atoms with Gasteiger partial charge >= 0.3 is 6.18 Å². The lowest BCUT2D eigenvalue weighted by Crippen LogP contribution is -2.32. The minimum absolute atomic E-state index is 0.0213.